The molecule has 1 saturated carbocycles. The number of aliphatic carboxylic acids is 1. The van der Waals surface area contributed by atoms with Crippen molar-refractivity contribution in [3.8, 4) is 11.1 Å². The summed E-state index contributed by atoms with van der Waals surface area (Å²) in [6, 6.07) is 22.3. The van der Waals surface area contributed by atoms with Crippen LogP contribution in [0.4, 0.5) is 0 Å². The molecule has 8 heteroatoms. The summed E-state index contributed by atoms with van der Waals surface area (Å²) >= 11 is 3.31. The van der Waals surface area contributed by atoms with E-state index in [9.17, 15) is 23.1 Å². The minimum absolute atomic E-state index is 0.0462. The van der Waals surface area contributed by atoms with Crippen LogP contribution in [0.2, 0.25) is 0 Å². The number of halogens is 1. The second-order valence-electron chi connectivity index (χ2n) is 9.14. The molecule has 1 aliphatic carbocycles. The number of amides is 1. The highest BCUT2D eigenvalue weighted by Gasteiger charge is 2.52. The van der Waals surface area contributed by atoms with E-state index < -0.39 is 32.5 Å². The zero-order valence-electron chi connectivity index (χ0n) is 19.7. The first kappa shape index (κ1) is 26.1. The van der Waals surface area contributed by atoms with Gasteiger partial charge in [-0.3, -0.25) is 4.79 Å². The van der Waals surface area contributed by atoms with Gasteiger partial charge in [0.2, 0.25) is 5.91 Å². The van der Waals surface area contributed by atoms with Crippen molar-refractivity contribution < 1.29 is 23.1 Å². The lowest BCUT2D eigenvalue weighted by atomic mass is 9.87. The van der Waals surface area contributed by atoms with Gasteiger partial charge in [-0.2, -0.15) is 0 Å². The van der Waals surface area contributed by atoms with Crippen molar-refractivity contribution in [2.45, 2.75) is 54.2 Å². The van der Waals surface area contributed by atoms with Crippen molar-refractivity contribution in [2.75, 3.05) is 0 Å². The molecule has 0 bridgehead atoms. The number of carbonyl (C=O) groups excluding carboxylic acids is 1. The van der Waals surface area contributed by atoms with E-state index in [1.165, 1.54) is 12.1 Å². The standard InChI is InChI=1S/C28H28BrNO5S/c29-23-13-15-24(16-14-23)36(34,35)28(17-5-2-6-18-28)27(33)30-25(26(31)32)19-20-9-11-22(12-10-20)21-7-3-1-4-8-21/h1,3-4,7-16,25H,2,5-6,17-19H2,(H,30,33)(H,31,32)/t25-/m0/s1. The van der Waals surface area contributed by atoms with Gasteiger partial charge < -0.3 is 10.4 Å². The third-order valence-corrected chi connectivity index (χ3v) is 9.86. The fourth-order valence-corrected chi connectivity index (χ4v) is 7.11. The Kier molecular flexibility index (Phi) is 7.95. The lowest BCUT2D eigenvalue weighted by Crippen LogP contribution is -2.57. The molecule has 0 radical (unpaired) electrons. The molecule has 0 unspecified atom stereocenters. The summed E-state index contributed by atoms with van der Waals surface area (Å²) in [7, 11) is -4.05. The van der Waals surface area contributed by atoms with Crippen LogP contribution in [0.5, 0.6) is 0 Å². The van der Waals surface area contributed by atoms with E-state index in [4.69, 9.17) is 0 Å². The maximum Gasteiger partial charge on any atom is 0.326 e. The van der Waals surface area contributed by atoms with Gasteiger partial charge in [0.1, 0.15) is 6.04 Å². The van der Waals surface area contributed by atoms with Crippen LogP contribution >= 0.6 is 15.9 Å². The molecule has 0 aliphatic heterocycles. The molecule has 1 aliphatic rings. The average Bonchev–Trinajstić information content (AvgIpc) is 2.89. The molecule has 36 heavy (non-hydrogen) atoms. The Morgan fingerprint density at radius 3 is 2.03 bits per heavy atom. The molecule has 0 saturated heterocycles. The predicted octanol–water partition coefficient (Wildman–Crippen LogP) is 5.40. The number of rotatable bonds is 8. The number of hydrogen-bond donors (Lipinski definition) is 2. The molecular formula is C28H28BrNO5S. The van der Waals surface area contributed by atoms with Crippen molar-refractivity contribution in [3.05, 3.63) is 88.9 Å². The Morgan fingerprint density at radius 2 is 1.44 bits per heavy atom. The summed E-state index contributed by atoms with van der Waals surface area (Å²) in [5.41, 5.74) is 2.78. The summed E-state index contributed by atoms with van der Waals surface area (Å²) in [6.45, 7) is 0. The van der Waals surface area contributed by atoms with Crippen molar-refractivity contribution in [2.24, 2.45) is 0 Å². The van der Waals surface area contributed by atoms with Gasteiger partial charge in [-0.25, -0.2) is 13.2 Å². The minimum Gasteiger partial charge on any atom is -0.480 e. The van der Waals surface area contributed by atoms with Crippen LogP contribution in [0.25, 0.3) is 11.1 Å². The van der Waals surface area contributed by atoms with Crippen molar-refractivity contribution in [3.63, 3.8) is 0 Å². The van der Waals surface area contributed by atoms with Gasteiger partial charge in [0.15, 0.2) is 14.6 Å². The molecule has 0 aromatic heterocycles. The molecule has 0 heterocycles. The lowest BCUT2D eigenvalue weighted by molar-refractivity contribution is -0.142. The number of nitrogens with one attached hydrogen (secondary N) is 1. The Morgan fingerprint density at radius 1 is 0.861 bits per heavy atom. The molecule has 4 rings (SSSR count). The van der Waals surface area contributed by atoms with Crippen LogP contribution in [0.3, 0.4) is 0 Å². The normalized spacial score (nSPS) is 16.1. The number of carbonyl (C=O) groups is 2. The number of carboxylic acid groups (broad SMARTS) is 1. The third kappa shape index (κ3) is 5.39. The van der Waals surface area contributed by atoms with Gasteiger partial charge in [0, 0.05) is 10.9 Å². The lowest BCUT2D eigenvalue weighted by Gasteiger charge is -2.36. The number of sulfone groups is 1. The van der Waals surface area contributed by atoms with Crippen molar-refractivity contribution >= 4 is 37.6 Å². The van der Waals surface area contributed by atoms with Crippen molar-refractivity contribution in [1.29, 1.82) is 0 Å². The number of benzene rings is 3. The SMILES string of the molecule is O=C(O)[C@H](Cc1ccc(-c2ccccc2)cc1)NC(=O)C1(S(=O)(=O)c2ccc(Br)cc2)CCCCC1. The summed E-state index contributed by atoms with van der Waals surface area (Å²) in [5, 5.41) is 12.5. The van der Waals surface area contributed by atoms with Gasteiger partial charge >= 0.3 is 5.97 Å². The summed E-state index contributed by atoms with van der Waals surface area (Å²) < 4.78 is 26.5. The molecular weight excluding hydrogens is 542 g/mol. The molecule has 188 valence electrons. The highest BCUT2D eigenvalue weighted by Crippen LogP contribution is 2.39. The minimum atomic E-state index is -4.05. The predicted molar refractivity (Wildman–Crippen MR) is 142 cm³/mol. The molecule has 3 aromatic rings. The smallest absolute Gasteiger partial charge is 0.326 e. The Balaban J connectivity index is 1.57. The second kappa shape index (κ2) is 11.0. The number of carboxylic acids is 1. The zero-order valence-corrected chi connectivity index (χ0v) is 22.1. The van der Waals surface area contributed by atoms with E-state index in [1.54, 1.807) is 12.1 Å². The summed E-state index contributed by atoms with van der Waals surface area (Å²) in [6.07, 6.45) is 2.37. The van der Waals surface area contributed by atoms with Crippen LogP contribution in [-0.4, -0.2) is 36.2 Å². The van der Waals surface area contributed by atoms with Gasteiger partial charge in [-0.1, -0.05) is 89.8 Å². The van der Waals surface area contributed by atoms with E-state index in [2.05, 4.69) is 21.2 Å². The van der Waals surface area contributed by atoms with Crippen LogP contribution < -0.4 is 5.32 Å². The van der Waals surface area contributed by atoms with Crippen LogP contribution in [0.1, 0.15) is 37.7 Å². The highest BCUT2D eigenvalue weighted by atomic mass is 79.9. The molecule has 6 nitrogen and oxygen atoms in total. The van der Waals surface area contributed by atoms with Crippen molar-refractivity contribution in [1.82, 2.24) is 5.32 Å². The van der Waals surface area contributed by atoms with Gasteiger partial charge in [-0.05, 0) is 53.8 Å². The highest BCUT2D eigenvalue weighted by molar-refractivity contribution is 9.10. The van der Waals surface area contributed by atoms with Gasteiger partial charge in [0.25, 0.3) is 0 Å². The topological polar surface area (TPSA) is 101 Å². The fourth-order valence-electron chi connectivity index (χ4n) is 4.77. The van der Waals surface area contributed by atoms with Crippen LogP contribution in [0.15, 0.2) is 88.2 Å². The van der Waals surface area contributed by atoms with E-state index >= 15 is 0 Å². The van der Waals surface area contributed by atoms with E-state index in [0.717, 1.165) is 27.6 Å². The van der Waals surface area contributed by atoms with Gasteiger partial charge in [-0.15, -0.1) is 0 Å². The maximum atomic E-state index is 13.7. The first-order valence-corrected chi connectivity index (χ1v) is 14.2. The van der Waals surface area contributed by atoms with E-state index in [0.29, 0.717) is 12.8 Å². The first-order valence-electron chi connectivity index (χ1n) is 11.9. The van der Waals surface area contributed by atoms with Gasteiger partial charge in [0.05, 0.1) is 4.90 Å². The fraction of sp³-hybridized carbons (Fsp3) is 0.286. The monoisotopic (exact) mass is 569 g/mol. The van der Waals surface area contributed by atoms with Crippen LogP contribution in [0, 0.1) is 0 Å². The molecule has 2 N–H and O–H groups in total. The summed E-state index contributed by atoms with van der Waals surface area (Å²) in [5.74, 6) is -1.94. The van der Waals surface area contributed by atoms with Crippen LogP contribution in [-0.2, 0) is 25.8 Å². The zero-order chi connectivity index (χ0) is 25.8. The molecule has 1 amide bonds. The third-order valence-electron chi connectivity index (χ3n) is 6.82. The summed E-state index contributed by atoms with van der Waals surface area (Å²) in [4.78, 5) is 25.8. The van der Waals surface area contributed by atoms with E-state index in [-0.39, 0.29) is 24.2 Å². The molecule has 0 spiro atoms. The van der Waals surface area contributed by atoms with E-state index in [1.807, 2.05) is 54.6 Å². The number of hydrogen-bond acceptors (Lipinski definition) is 4. The Labute approximate surface area is 219 Å². The molecule has 1 fully saturated rings. The Hall–Kier alpha value is -2.97. The Bertz CT molecular complexity index is 1320. The molecule has 3 aromatic carbocycles. The maximum absolute atomic E-state index is 13.7. The largest absolute Gasteiger partial charge is 0.480 e. The first-order chi connectivity index (χ1) is 17.2. The quantitative estimate of drug-likeness (QED) is 0.378. The molecule has 1 atom stereocenters. The average molecular weight is 571 g/mol. The second-order valence-corrected chi connectivity index (χ2v) is 12.3.